The lowest BCUT2D eigenvalue weighted by Crippen LogP contribution is -1.67. The Morgan fingerprint density at radius 2 is 1.50 bits per heavy atom. The topological polar surface area (TPSA) is 57.5 Å². The number of aliphatic hydroxyl groups is 2. The molecule has 0 amide bonds. The monoisotopic (exact) mass is 224 g/mol. The number of carbonyl (C=O) groups excluding carboxylic acids is 1. The summed E-state index contributed by atoms with van der Waals surface area (Å²) in [6.07, 6.45) is 4.02. The molecule has 0 aromatic heterocycles. The molecule has 90 valence electrons. The number of aldehydes is 1. The van der Waals surface area contributed by atoms with Crippen LogP contribution in [0.1, 0.15) is 19.4 Å². The van der Waals surface area contributed by atoms with Gasteiger partial charge in [0.25, 0.3) is 0 Å². The van der Waals surface area contributed by atoms with E-state index < -0.39 is 0 Å². The molecule has 0 aliphatic carbocycles. The van der Waals surface area contributed by atoms with Gasteiger partial charge in [-0.25, -0.2) is 0 Å². The molecule has 3 heteroatoms. The Kier molecular flexibility index (Phi) is 17.0. The van der Waals surface area contributed by atoms with Crippen LogP contribution in [0.2, 0.25) is 0 Å². The van der Waals surface area contributed by atoms with Gasteiger partial charge in [0.05, 0.1) is 0 Å². The SMILES string of the molecule is CCO.CCO.O=CC=Cc1ccccc1. The number of hydrogen-bond acceptors (Lipinski definition) is 3. The van der Waals surface area contributed by atoms with Crippen molar-refractivity contribution in [3.05, 3.63) is 42.0 Å². The average Bonchev–Trinajstić information content (AvgIpc) is 2.30. The highest BCUT2D eigenvalue weighted by Crippen LogP contribution is 1.99. The van der Waals surface area contributed by atoms with E-state index in [0.717, 1.165) is 11.8 Å². The zero-order valence-corrected chi connectivity index (χ0v) is 9.84. The Hall–Kier alpha value is -1.45. The van der Waals surface area contributed by atoms with Crippen molar-refractivity contribution in [1.82, 2.24) is 0 Å². The molecule has 1 aromatic carbocycles. The normalized spacial score (nSPS) is 8.50. The van der Waals surface area contributed by atoms with Gasteiger partial charge in [0.15, 0.2) is 0 Å². The lowest BCUT2D eigenvalue weighted by molar-refractivity contribution is -0.104. The lowest BCUT2D eigenvalue weighted by atomic mass is 10.2. The van der Waals surface area contributed by atoms with Crippen molar-refractivity contribution in [2.75, 3.05) is 13.2 Å². The van der Waals surface area contributed by atoms with Gasteiger partial charge in [-0.3, -0.25) is 4.79 Å². The predicted octanol–water partition coefficient (Wildman–Crippen LogP) is 1.90. The molecule has 0 unspecified atom stereocenters. The van der Waals surface area contributed by atoms with Crippen LogP contribution in [0.3, 0.4) is 0 Å². The number of aliphatic hydroxyl groups excluding tert-OH is 2. The van der Waals surface area contributed by atoms with Crippen molar-refractivity contribution in [1.29, 1.82) is 0 Å². The highest BCUT2D eigenvalue weighted by Gasteiger charge is 1.79. The molecule has 0 fully saturated rings. The smallest absolute Gasteiger partial charge is 0.142 e. The van der Waals surface area contributed by atoms with Gasteiger partial charge in [0.1, 0.15) is 6.29 Å². The van der Waals surface area contributed by atoms with Gasteiger partial charge >= 0.3 is 0 Å². The molecule has 0 bridgehead atoms. The predicted molar refractivity (Wildman–Crippen MR) is 67.1 cm³/mol. The summed E-state index contributed by atoms with van der Waals surface area (Å²) in [5.41, 5.74) is 1.05. The second-order valence-electron chi connectivity index (χ2n) is 2.54. The maximum absolute atomic E-state index is 9.89. The number of carbonyl (C=O) groups is 1. The summed E-state index contributed by atoms with van der Waals surface area (Å²) in [5.74, 6) is 0. The Balaban J connectivity index is 0. The van der Waals surface area contributed by atoms with Gasteiger partial charge in [-0.2, -0.15) is 0 Å². The standard InChI is InChI=1S/C9H8O.2C2H6O/c10-8-4-7-9-5-2-1-3-6-9;2*1-2-3/h1-8H;2*3H,2H2,1H3. The molecule has 1 rings (SSSR count). The largest absolute Gasteiger partial charge is 0.397 e. The van der Waals surface area contributed by atoms with E-state index >= 15 is 0 Å². The van der Waals surface area contributed by atoms with Crippen molar-refractivity contribution in [2.45, 2.75) is 13.8 Å². The highest BCUT2D eigenvalue weighted by molar-refractivity contribution is 5.73. The van der Waals surface area contributed by atoms with Gasteiger partial charge in [0.2, 0.25) is 0 Å². The molecule has 1 aromatic rings. The fraction of sp³-hybridized carbons (Fsp3) is 0.308. The number of allylic oxidation sites excluding steroid dienone is 1. The molecule has 0 saturated carbocycles. The Morgan fingerprint density at radius 1 is 1.06 bits per heavy atom. The summed E-state index contributed by atoms with van der Waals surface area (Å²) in [7, 11) is 0. The lowest BCUT2D eigenvalue weighted by Gasteiger charge is -1.86. The Labute approximate surface area is 97.1 Å². The van der Waals surface area contributed by atoms with Crippen LogP contribution in [0, 0.1) is 0 Å². The third kappa shape index (κ3) is 15.0. The molecule has 0 radical (unpaired) electrons. The van der Waals surface area contributed by atoms with Crippen LogP contribution in [-0.2, 0) is 4.79 Å². The minimum Gasteiger partial charge on any atom is -0.397 e. The van der Waals surface area contributed by atoms with Gasteiger partial charge in [0, 0.05) is 13.2 Å². The first-order valence-electron chi connectivity index (χ1n) is 5.15. The van der Waals surface area contributed by atoms with E-state index in [4.69, 9.17) is 10.2 Å². The second kappa shape index (κ2) is 16.0. The molecule has 0 aliphatic heterocycles. The van der Waals surface area contributed by atoms with Crippen LogP contribution in [0.15, 0.2) is 36.4 Å². The zero-order chi connectivity index (χ0) is 12.6. The minimum absolute atomic E-state index is 0.250. The van der Waals surface area contributed by atoms with Crippen molar-refractivity contribution >= 4 is 12.4 Å². The van der Waals surface area contributed by atoms with Crippen LogP contribution in [0.25, 0.3) is 6.08 Å². The van der Waals surface area contributed by atoms with Crippen molar-refractivity contribution < 1.29 is 15.0 Å². The molecular weight excluding hydrogens is 204 g/mol. The molecule has 0 atom stereocenters. The average molecular weight is 224 g/mol. The minimum atomic E-state index is 0.250. The number of hydrogen-bond donors (Lipinski definition) is 2. The van der Waals surface area contributed by atoms with E-state index in [9.17, 15) is 4.79 Å². The molecule has 0 aliphatic rings. The second-order valence-corrected chi connectivity index (χ2v) is 2.54. The van der Waals surface area contributed by atoms with Crippen molar-refractivity contribution in [2.24, 2.45) is 0 Å². The molecule has 0 spiro atoms. The summed E-state index contributed by atoms with van der Waals surface area (Å²) in [5, 5.41) is 15.1. The summed E-state index contributed by atoms with van der Waals surface area (Å²) >= 11 is 0. The fourth-order valence-corrected chi connectivity index (χ4v) is 0.715. The van der Waals surface area contributed by atoms with E-state index in [1.807, 2.05) is 30.3 Å². The number of benzene rings is 1. The van der Waals surface area contributed by atoms with Crippen molar-refractivity contribution in [3.63, 3.8) is 0 Å². The van der Waals surface area contributed by atoms with Crippen LogP contribution in [-0.4, -0.2) is 29.7 Å². The van der Waals surface area contributed by atoms with Crippen molar-refractivity contribution in [3.8, 4) is 0 Å². The van der Waals surface area contributed by atoms with E-state index in [2.05, 4.69) is 0 Å². The Morgan fingerprint density at radius 3 is 1.88 bits per heavy atom. The molecule has 0 saturated heterocycles. The van der Waals surface area contributed by atoms with Crippen LogP contribution < -0.4 is 0 Å². The van der Waals surface area contributed by atoms with Crippen LogP contribution >= 0.6 is 0 Å². The quantitative estimate of drug-likeness (QED) is 0.596. The third-order valence-electron chi connectivity index (χ3n) is 1.17. The van der Waals surface area contributed by atoms with E-state index in [0.29, 0.717) is 0 Å². The van der Waals surface area contributed by atoms with E-state index in [-0.39, 0.29) is 13.2 Å². The van der Waals surface area contributed by atoms with Gasteiger partial charge in [-0.15, -0.1) is 0 Å². The third-order valence-corrected chi connectivity index (χ3v) is 1.17. The molecule has 3 nitrogen and oxygen atoms in total. The Bertz CT molecular complexity index is 253. The summed E-state index contributed by atoms with van der Waals surface area (Å²) in [4.78, 5) is 9.89. The molecule has 0 heterocycles. The van der Waals surface area contributed by atoms with Crippen LogP contribution in [0.4, 0.5) is 0 Å². The zero-order valence-electron chi connectivity index (χ0n) is 9.84. The van der Waals surface area contributed by atoms with Gasteiger partial charge < -0.3 is 10.2 Å². The molecule has 16 heavy (non-hydrogen) atoms. The van der Waals surface area contributed by atoms with E-state index in [1.165, 1.54) is 6.08 Å². The summed E-state index contributed by atoms with van der Waals surface area (Å²) in [6.45, 7) is 3.86. The molecular formula is C13H20O3. The van der Waals surface area contributed by atoms with Gasteiger partial charge in [-0.05, 0) is 25.5 Å². The summed E-state index contributed by atoms with van der Waals surface area (Å²) in [6, 6.07) is 9.70. The van der Waals surface area contributed by atoms with Crippen LogP contribution in [0.5, 0.6) is 0 Å². The highest BCUT2D eigenvalue weighted by atomic mass is 16.3. The maximum atomic E-state index is 9.89. The first-order chi connectivity index (χ1) is 7.76. The first kappa shape index (κ1) is 17.0. The van der Waals surface area contributed by atoms with E-state index in [1.54, 1.807) is 19.9 Å². The number of rotatable bonds is 2. The summed E-state index contributed by atoms with van der Waals surface area (Å²) < 4.78 is 0. The molecule has 2 N–H and O–H groups in total. The van der Waals surface area contributed by atoms with Gasteiger partial charge in [-0.1, -0.05) is 36.4 Å². The fourth-order valence-electron chi connectivity index (χ4n) is 0.715. The maximum Gasteiger partial charge on any atom is 0.142 e. The first-order valence-corrected chi connectivity index (χ1v) is 5.15.